The fourth-order valence-electron chi connectivity index (χ4n) is 5.08. The van der Waals surface area contributed by atoms with Crippen molar-refractivity contribution in [2.24, 2.45) is 0 Å². The zero-order valence-corrected chi connectivity index (χ0v) is 25.2. The highest BCUT2D eigenvalue weighted by Gasteiger charge is 2.49. The van der Waals surface area contributed by atoms with Crippen molar-refractivity contribution in [3.05, 3.63) is 57.7 Å². The second-order valence-corrected chi connectivity index (χ2v) is 11.3. The molecule has 2 amide bonds. The summed E-state index contributed by atoms with van der Waals surface area (Å²) in [7, 11) is 0. The Labute approximate surface area is 252 Å². The predicted octanol–water partition coefficient (Wildman–Crippen LogP) is 4.23. The van der Waals surface area contributed by atoms with E-state index in [1.807, 2.05) is 0 Å². The first kappa shape index (κ1) is 30.2. The van der Waals surface area contributed by atoms with Gasteiger partial charge in [-0.2, -0.15) is 5.10 Å². The van der Waals surface area contributed by atoms with Crippen LogP contribution in [0.1, 0.15) is 40.9 Å². The van der Waals surface area contributed by atoms with Crippen LogP contribution in [0.4, 0.5) is 19.0 Å². The van der Waals surface area contributed by atoms with Crippen LogP contribution in [0.5, 0.6) is 0 Å². The van der Waals surface area contributed by atoms with Crippen LogP contribution in [0.2, 0.25) is 0 Å². The summed E-state index contributed by atoms with van der Waals surface area (Å²) < 4.78 is 44.0. The maximum atomic E-state index is 15.3. The van der Waals surface area contributed by atoms with E-state index in [4.69, 9.17) is 0 Å². The van der Waals surface area contributed by atoms with E-state index in [-0.39, 0.29) is 21.9 Å². The lowest BCUT2D eigenvalue weighted by molar-refractivity contribution is -0.137. The molecule has 1 saturated heterocycles. The van der Waals surface area contributed by atoms with Crippen molar-refractivity contribution in [2.75, 3.05) is 18.5 Å². The molecule has 1 aliphatic rings. The van der Waals surface area contributed by atoms with Crippen molar-refractivity contribution in [3.63, 3.8) is 0 Å². The number of aromatic nitrogens is 6. The Kier molecular flexibility index (Phi) is 8.03. The normalized spacial score (nSPS) is 18.3. The summed E-state index contributed by atoms with van der Waals surface area (Å²) in [6.07, 6.45) is 2.61. The second kappa shape index (κ2) is 11.4. The van der Waals surface area contributed by atoms with E-state index in [1.165, 1.54) is 18.5 Å². The summed E-state index contributed by atoms with van der Waals surface area (Å²) in [6.45, 7) is 3.72. The smallest absolute Gasteiger partial charge is 0.248 e. The molecular formula is C28H26BrF3N8O3. The van der Waals surface area contributed by atoms with E-state index in [2.05, 4.69) is 46.3 Å². The quantitative estimate of drug-likeness (QED) is 0.230. The van der Waals surface area contributed by atoms with Crippen LogP contribution >= 0.6 is 15.9 Å². The van der Waals surface area contributed by atoms with Crippen LogP contribution in [0.15, 0.2) is 29.1 Å². The number of hydrogen-bond donors (Lipinski definition) is 1. The van der Waals surface area contributed by atoms with Crippen molar-refractivity contribution in [1.82, 2.24) is 34.6 Å². The molecule has 0 bridgehead atoms. The molecule has 43 heavy (non-hydrogen) atoms. The zero-order valence-electron chi connectivity index (χ0n) is 23.6. The highest BCUT2D eigenvalue weighted by atomic mass is 79.9. The molecule has 0 unspecified atom stereocenters. The number of ketones is 1. The van der Waals surface area contributed by atoms with Gasteiger partial charge < -0.3 is 10.2 Å². The number of aryl methyl sites for hydroxylation is 3. The van der Waals surface area contributed by atoms with Gasteiger partial charge in [-0.25, -0.2) is 28.1 Å². The van der Waals surface area contributed by atoms with Gasteiger partial charge in [-0.05, 0) is 54.4 Å². The van der Waals surface area contributed by atoms with Gasteiger partial charge >= 0.3 is 0 Å². The van der Waals surface area contributed by atoms with Gasteiger partial charge in [-0.15, -0.1) is 0 Å². The maximum absolute atomic E-state index is 15.3. The van der Waals surface area contributed by atoms with Crippen LogP contribution in [0, 0.1) is 26.6 Å². The first-order valence-electron chi connectivity index (χ1n) is 13.2. The lowest BCUT2D eigenvalue weighted by Crippen LogP contribution is -2.45. The predicted molar refractivity (Wildman–Crippen MR) is 153 cm³/mol. The third kappa shape index (κ3) is 5.85. The summed E-state index contributed by atoms with van der Waals surface area (Å²) >= 11 is 2.96. The number of halogens is 4. The molecule has 224 valence electrons. The van der Waals surface area contributed by atoms with E-state index in [9.17, 15) is 23.2 Å². The minimum atomic E-state index is -2.46. The van der Waals surface area contributed by atoms with Gasteiger partial charge in [0.1, 0.15) is 41.2 Å². The number of anilines is 1. The number of amides is 2. The molecule has 0 spiro atoms. The first-order valence-corrected chi connectivity index (χ1v) is 14.0. The number of nitrogens with one attached hydrogen (secondary N) is 1. The van der Waals surface area contributed by atoms with Crippen molar-refractivity contribution in [2.45, 2.75) is 52.4 Å². The molecular weight excluding hydrogens is 633 g/mol. The Bertz CT molecular complexity index is 1780. The molecule has 4 aromatic heterocycles. The molecule has 1 fully saturated rings. The summed E-state index contributed by atoms with van der Waals surface area (Å²) in [5.74, 6) is -1.97. The largest absolute Gasteiger partial charge is 0.326 e. The van der Waals surface area contributed by atoms with E-state index < -0.39 is 55.5 Å². The number of rotatable bonds is 7. The molecule has 0 saturated carbocycles. The van der Waals surface area contributed by atoms with Gasteiger partial charge in [0, 0.05) is 36.7 Å². The average Bonchev–Trinajstić information content (AvgIpc) is 3.51. The Morgan fingerprint density at radius 2 is 1.84 bits per heavy atom. The highest BCUT2D eigenvalue weighted by Crippen LogP contribution is 2.33. The molecule has 1 N–H and O–H groups in total. The number of alkyl halides is 2. The lowest BCUT2D eigenvalue weighted by atomic mass is 10.0. The van der Waals surface area contributed by atoms with Crippen molar-refractivity contribution in [3.8, 4) is 11.3 Å². The lowest BCUT2D eigenvalue weighted by Gasteiger charge is -2.24. The van der Waals surface area contributed by atoms with Gasteiger partial charge in [0.2, 0.25) is 11.8 Å². The van der Waals surface area contributed by atoms with E-state index in [1.54, 1.807) is 32.3 Å². The molecule has 1 aliphatic heterocycles. The third-order valence-corrected chi connectivity index (χ3v) is 7.77. The summed E-state index contributed by atoms with van der Waals surface area (Å²) in [5.41, 5.74) is -0.124. The van der Waals surface area contributed by atoms with Gasteiger partial charge in [-0.1, -0.05) is 0 Å². The van der Waals surface area contributed by atoms with Gasteiger partial charge in [0.25, 0.3) is 0 Å². The first-order chi connectivity index (χ1) is 20.3. The topological polar surface area (TPSA) is 136 Å². The van der Waals surface area contributed by atoms with Crippen molar-refractivity contribution >= 4 is 50.2 Å². The van der Waals surface area contributed by atoms with Gasteiger partial charge in [0.15, 0.2) is 17.3 Å². The SMILES string of the molecule is CC(=O)c1nn(CC(=O)N2C[C@@](F)(CF)C[C@H]2C(=O)Nc2nc(Br)c(F)cc2C)c2c(C)nc(-c3cnc(C)nc3)cc12. The summed E-state index contributed by atoms with van der Waals surface area (Å²) in [4.78, 5) is 57.3. The van der Waals surface area contributed by atoms with E-state index >= 15 is 4.39 Å². The number of pyridine rings is 2. The molecule has 0 aromatic carbocycles. The fourth-order valence-corrected chi connectivity index (χ4v) is 5.37. The van der Waals surface area contributed by atoms with Gasteiger partial charge in [0.05, 0.1) is 23.4 Å². The number of fused-ring (bicyclic) bond motifs is 1. The number of hydrogen-bond acceptors (Lipinski definition) is 8. The molecule has 4 aromatic rings. The highest BCUT2D eigenvalue weighted by molar-refractivity contribution is 9.10. The van der Waals surface area contributed by atoms with E-state index in [0.29, 0.717) is 39.2 Å². The molecule has 0 radical (unpaired) electrons. The Morgan fingerprint density at radius 3 is 2.49 bits per heavy atom. The Balaban J connectivity index is 1.47. The van der Waals surface area contributed by atoms with Crippen LogP contribution in [0.25, 0.3) is 22.2 Å². The number of nitrogens with zero attached hydrogens (tertiary/aromatic N) is 7. The number of likely N-dealkylation sites (tertiary alicyclic amines) is 1. The monoisotopic (exact) mass is 658 g/mol. The molecule has 5 heterocycles. The molecule has 0 aliphatic carbocycles. The van der Waals surface area contributed by atoms with Crippen LogP contribution in [0.3, 0.4) is 0 Å². The standard InChI is InChI=1S/C28H26BrF3N8O3/c1-13-5-19(31)25(29)36-26(13)37-27(43)21-7-28(32,11-30)12-39(21)22(42)10-40-24-14(2)35-20(17-8-33-16(4)34-9-17)6-18(24)23(38-40)15(3)41/h5-6,8-9,21H,7,10-12H2,1-4H3,(H,36,37,43)/t21-,28-/m0/s1. The molecule has 2 atom stereocenters. The maximum Gasteiger partial charge on any atom is 0.248 e. The molecule has 11 nitrogen and oxygen atoms in total. The summed E-state index contributed by atoms with van der Waals surface area (Å²) in [5, 5.41) is 7.30. The Morgan fingerprint density at radius 1 is 1.14 bits per heavy atom. The molecule has 5 rings (SSSR count). The van der Waals surface area contributed by atoms with Crippen molar-refractivity contribution < 1.29 is 27.6 Å². The minimum absolute atomic E-state index is 0.00271. The van der Waals surface area contributed by atoms with E-state index in [0.717, 1.165) is 11.0 Å². The van der Waals surface area contributed by atoms with Crippen LogP contribution in [-0.4, -0.2) is 77.1 Å². The second-order valence-electron chi connectivity index (χ2n) is 10.5. The zero-order chi connectivity index (χ0) is 31.2. The fraction of sp³-hybridized carbons (Fsp3) is 0.357. The van der Waals surface area contributed by atoms with Crippen LogP contribution < -0.4 is 5.32 Å². The Hall–Kier alpha value is -4.27. The average molecular weight is 659 g/mol. The minimum Gasteiger partial charge on any atom is -0.326 e. The van der Waals surface area contributed by atoms with Crippen molar-refractivity contribution in [1.29, 1.82) is 0 Å². The third-order valence-electron chi connectivity index (χ3n) is 7.21. The van der Waals surface area contributed by atoms with Gasteiger partial charge in [-0.3, -0.25) is 24.0 Å². The number of Topliss-reactive ketones (excluding diaryl/α,β-unsaturated/α-hetero) is 1. The number of carbonyl (C=O) groups excluding carboxylic acids is 3. The van der Waals surface area contributed by atoms with Crippen LogP contribution in [-0.2, 0) is 16.1 Å². The number of carbonyl (C=O) groups is 3. The molecule has 15 heteroatoms. The summed E-state index contributed by atoms with van der Waals surface area (Å²) in [6, 6.07) is 1.41.